The van der Waals surface area contributed by atoms with Crippen molar-refractivity contribution in [1.82, 2.24) is 0 Å². The van der Waals surface area contributed by atoms with Crippen LogP contribution in [0.15, 0.2) is 122 Å². The molecule has 0 aliphatic rings. The van der Waals surface area contributed by atoms with Crippen LogP contribution in [0.25, 0.3) is 0 Å². The van der Waals surface area contributed by atoms with Gasteiger partial charge in [0, 0.05) is 12.8 Å². The van der Waals surface area contributed by atoms with Crippen LogP contribution in [-0.4, -0.2) is 36.4 Å². The van der Waals surface area contributed by atoms with Crippen LogP contribution in [0, 0.1) is 0 Å². The van der Waals surface area contributed by atoms with Crippen LogP contribution in [0.1, 0.15) is 406 Å². The molecule has 0 saturated carbocycles. The van der Waals surface area contributed by atoms with E-state index >= 15 is 0 Å². The number of aliphatic hydroxyl groups excluding tert-OH is 1. The van der Waals surface area contributed by atoms with E-state index in [0.717, 1.165) is 103 Å². The monoisotopic (exact) mass is 1290 g/mol. The Kier molecular flexibility index (Phi) is 79.2. The molecule has 536 valence electrons. The third kappa shape index (κ3) is 80.7. The number of esters is 2. The van der Waals surface area contributed by atoms with E-state index in [1.165, 1.54) is 276 Å². The number of hydrogen-bond donors (Lipinski definition) is 1. The van der Waals surface area contributed by atoms with Gasteiger partial charge in [0.15, 0.2) is 6.10 Å². The summed E-state index contributed by atoms with van der Waals surface area (Å²) in [7, 11) is 0. The number of allylic oxidation sites excluding steroid dienone is 20. The fourth-order valence-electron chi connectivity index (χ4n) is 12.0. The Balaban J connectivity index is 3.46. The molecule has 1 unspecified atom stereocenters. The zero-order chi connectivity index (χ0) is 66.8. The minimum absolute atomic E-state index is 0.0685. The van der Waals surface area contributed by atoms with Crippen molar-refractivity contribution in [2.24, 2.45) is 0 Å². The van der Waals surface area contributed by atoms with Crippen molar-refractivity contribution in [2.45, 2.75) is 412 Å². The number of hydrogen-bond acceptors (Lipinski definition) is 5. The second kappa shape index (κ2) is 82.5. The molecule has 5 nitrogen and oxygen atoms in total. The van der Waals surface area contributed by atoms with E-state index in [9.17, 15) is 14.7 Å². The maximum absolute atomic E-state index is 12.4. The van der Waals surface area contributed by atoms with Crippen molar-refractivity contribution in [3.63, 3.8) is 0 Å². The minimum Gasteiger partial charge on any atom is -0.462 e. The maximum Gasteiger partial charge on any atom is 0.306 e. The van der Waals surface area contributed by atoms with E-state index < -0.39 is 6.10 Å². The molecule has 0 spiro atoms. The van der Waals surface area contributed by atoms with E-state index in [0.29, 0.717) is 12.8 Å². The first-order chi connectivity index (χ1) is 46.1. The summed E-state index contributed by atoms with van der Waals surface area (Å²) in [5, 5.41) is 9.73. The summed E-state index contributed by atoms with van der Waals surface area (Å²) in [5.74, 6) is -0.583. The molecule has 1 atom stereocenters. The van der Waals surface area contributed by atoms with Crippen molar-refractivity contribution in [3.05, 3.63) is 122 Å². The highest BCUT2D eigenvalue weighted by Crippen LogP contribution is 2.19. The van der Waals surface area contributed by atoms with Crippen LogP contribution >= 0.6 is 0 Å². The zero-order valence-corrected chi connectivity index (χ0v) is 61.8. The highest BCUT2D eigenvalue weighted by atomic mass is 16.6. The van der Waals surface area contributed by atoms with Gasteiger partial charge < -0.3 is 14.6 Å². The SMILES string of the molecule is CC/C=C\C/C=C\C/C=C\C/C=C\C/C=C\C/C=C\C/C=C\C/C=C\C/C=C\C/C=C\CCCCCCCCCCCCC(=O)OC(CO)COC(=O)CCCCCCCCCCCCCCCCCCCCCCCCCCCCCCCCCCCCCCCC. The van der Waals surface area contributed by atoms with Gasteiger partial charge in [0.05, 0.1) is 6.61 Å². The highest BCUT2D eigenvalue weighted by molar-refractivity contribution is 5.70. The quantitative estimate of drug-likeness (QED) is 0.0373. The Morgan fingerprint density at radius 1 is 0.258 bits per heavy atom. The number of unbranched alkanes of at least 4 members (excludes halogenated alkanes) is 47. The molecule has 0 bridgehead atoms. The summed E-state index contributed by atoms with van der Waals surface area (Å²) in [4.78, 5) is 24.7. The predicted molar refractivity (Wildman–Crippen MR) is 412 cm³/mol. The summed E-state index contributed by atoms with van der Waals surface area (Å²) in [6.45, 7) is 4.07. The molecule has 0 fully saturated rings. The average Bonchev–Trinajstić information content (AvgIpc) is 3.59. The second-order valence-electron chi connectivity index (χ2n) is 27.1. The van der Waals surface area contributed by atoms with E-state index in [4.69, 9.17) is 9.47 Å². The van der Waals surface area contributed by atoms with Crippen molar-refractivity contribution < 1.29 is 24.2 Å². The Bertz CT molecular complexity index is 1810. The molecule has 0 aromatic carbocycles. The van der Waals surface area contributed by atoms with Crippen LogP contribution in [-0.2, 0) is 19.1 Å². The molecule has 0 aromatic heterocycles. The maximum atomic E-state index is 12.4. The van der Waals surface area contributed by atoms with Gasteiger partial charge in [-0.05, 0) is 89.9 Å². The molecule has 0 radical (unpaired) electrons. The fraction of sp³-hybridized carbons (Fsp3) is 0.750. The summed E-state index contributed by atoms with van der Waals surface area (Å²) in [6.07, 6.45) is 121. The Labute approximate surface area is 579 Å². The smallest absolute Gasteiger partial charge is 0.306 e. The summed E-state index contributed by atoms with van der Waals surface area (Å²) in [6, 6.07) is 0. The molecule has 0 aliphatic heterocycles. The number of ether oxygens (including phenoxy) is 2. The molecule has 0 rings (SSSR count). The van der Waals surface area contributed by atoms with Gasteiger partial charge in [-0.15, -0.1) is 0 Å². The lowest BCUT2D eigenvalue weighted by molar-refractivity contribution is -0.161. The molecular weight excluding hydrogens is 1140 g/mol. The van der Waals surface area contributed by atoms with Gasteiger partial charge in [-0.25, -0.2) is 0 Å². The highest BCUT2D eigenvalue weighted by Gasteiger charge is 2.16. The van der Waals surface area contributed by atoms with Crippen LogP contribution < -0.4 is 0 Å². The lowest BCUT2D eigenvalue weighted by Gasteiger charge is -2.15. The van der Waals surface area contributed by atoms with E-state index in [2.05, 4.69) is 135 Å². The van der Waals surface area contributed by atoms with Crippen LogP contribution in [0.4, 0.5) is 0 Å². The first-order valence-electron chi connectivity index (χ1n) is 40.6. The van der Waals surface area contributed by atoms with Gasteiger partial charge in [0.2, 0.25) is 0 Å². The van der Waals surface area contributed by atoms with Crippen molar-refractivity contribution in [2.75, 3.05) is 13.2 Å². The Morgan fingerprint density at radius 2 is 0.462 bits per heavy atom. The normalized spacial score (nSPS) is 12.8. The predicted octanol–water partition coefficient (Wildman–Crippen LogP) is 28.8. The van der Waals surface area contributed by atoms with Crippen LogP contribution in [0.5, 0.6) is 0 Å². The number of carbonyl (C=O) groups excluding carboxylic acids is 2. The zero-order valence-electron chi connectivity index (χ0n) is 61.8. The number of carbonyl (C=O) groups is 2. The minimum atomic E-state index is -0.782. The molecule has 5 heteroatoms. The van der Waals surface area contributed by atoms with E-state index in [1.807, 2.05) is 0 Å². The number of rotatable bonds is 75. The largest absolute Gasteiger partial charge is 0.462 e. The summed E-state index contributed by atoms with van der Waals surface area (Å²) in [5.41, 5.74) is 0. The van der Waals surface area contributed by atoms with Gasteiger partial charge in [-0.2, -0.15) is 0 Å². The Hall–Kier alpha value is -3.70. The summed E-state index contributed by atoms with van der Waals surface area (Å²) >= 11 is 0. The molecule has 0 heterocycles. The average molecular weight is 1290 g/mol. The molecule has 0 amide bonds. The van der Waals surface area contributed by atoms with Gasteiger partial charge in [0.25, 0.3) is 0 Å². The summed E-state index contributed by atoms with van der Waals surface area (Å²) < 4.78 is 10.8. The van der Waals surface area contributed by atoms with Crippen LogP contribution in [0.3, 0.4) is 0 Å². The van der Waals surface area contributed by atoms with E-state index in [-0.39, 0.29) is 25.2 Å². The van der Waals surface area contributed by atoms with Crippen LogP contribution in [0.2, 0.25) is 0 Å². The van der Waals surface area contributed by atoms with Gasteiger partial charge in [-0.3, -0.25) is 9.59 Å². The Morgan fingerprint density at radius 3 is 0.699 bits per heavy atom. The van der Waals surface area contributed by atoms with Crippen molar-refractivity contribution in [3.8, 4) is 0 Å². The van der Waals surface area contributed by atoms with E-state index in [1.54, 1.807) is 0 Å². The lowest BCUT2D eigenvalue weighted by Crippen LogP contribution is -2.28. The molecule has 0 aliphatic carbocycles. The molecule has 1 N–H and O–H groups in total. The lowest BCUT2D eigenvalue weighted by atomic mass is 10.0. The molecule has 0 saturated heterocycles. The van der Waals surface area contributed by atoms with Gasteiger partial charge in [-0.1, -0.05) is 424 Å². The number of aliphatic hydroxyl groups is 1. The molecule has 0 aromatic rings. The van der Waals surface area contributed by atoms with Crippen molar-refractivity contribution in [1.29, 1.82) is 0 Å². The fourth-order valence-corrected chi connectivity index (χ4v) is 12.0. The topological polar surface area (TPSA) is 72.8 Å². The van der Waals surface area contributed by atoms with Gasteiger partial charge >= 0.3 is 11.9 Å². The standard InChI is InChI=1S/C88H154O5/c1-3-5-7-9-11-13-15-17-19-21-23-25-27-29-31-33-35-37-39-41-43-44-45-47-49-51-53-55-57-59-61-63-65-67-69-71-73-75-77-79-81-83-88(91)93-86(84-89)85-92-87(90)82-80-78-76-74-72-70-68-66-64-62-60-58-56-54-52-50-48-46-42-40-38-36-34-32-30-28-26-24-22-20-18-16-14-12-10-8-6-4-2/h5,7,11,13,17,19,23,25,29,31,35,37,41,43,45,47,51,53,57,59,86,89H,3-4,6,8-10,12,14-16,18,20-22,24,26-28,30,32-34,36,38-40,42,44,46,48-50,52,54-56,58,60-85H2,1-2H3/b7-5-,13-11-,19-17-,25-23-,31-29-,37-35-,43-41-,47-45-,53-51-,59-57-. The first kappa shape index (κ1) is 89.3. The molecular formula is C88H154O5. The van der Waals surface area contributed by atoms with Gasteiger partial charge in [0.1, 0.15) is 6.61 Å². The third-order valence-corrected chi connectivity index (χ3v) is 18.0. The third-order valence-electron chi connectivity index (χ3n) is 18.0. The second-order valence-corrected chi connectivity index (χ2v) is 27.1. The first-order valence-corrected chi connectivity index (χ1v) is 40.6. The molecule has 93 heavy (non-hydrogen) atoms. The van der Waals surface area contributed by atoms with Crippen molar-refractivity contribution >= 4 is 11.9 Å².